The summed E-state index contributed by atoms with van der Waals surface area (Å²) in [5, 5.41) is 2.06. The Balaban J connectivity index is 2.53. The highest BCUT2D eigenvalue weighted by Crippen LogP contribution is 2.15. The number of hydrogen-bond acceptors (Lipinski definition) is 2. The Labute approximate surface area is 106 Å². The Morgan fingerprint density at radius 2 is 2.25 bits per heavy atom. The van der Waals surface area contributed by atoms with Crippen molar-refractivity contribution < 1.29 is 4.79 Å². The summed E-state index contributed by atoms with van der Waals surface area (Å²) in [7, 11) is 1.85. The highest BCUT2D eigenvalue weighted by atomic mass is 35.5. The van der Waals surface area contributed by atoms with Crippen LogP contribution in [0.4, 0.5) is 0 Å². The first-order chi connectivity index (χ1) is 7.56. The molecule has 1 heterocycles. The van der Waals surface area contributed by atoms with Gasteiger partial charge in [0, 0.05) is 36.2 Å². The van der Waals surface area contributed by atoms with Gasteiger partial charge in [0.25, 0.3) is 0 Å². The molecule has 1 rings (SSSR count). The maximum Gasteiger partial charge on any atom is 0.226 e. The minimum atomic E-state index is -0.0996. The normalized spacial score (nSPS) is 14.5. The highest BCUT2D eigenvalue weighted by Gasteiger charge is 2.21. The zero-order valence-electron chi connectivity index (χ0n) is 9.94. The lowest BCUT2D eigenvalue weighted by Gasteiger charge is -2.26. The third-order valence-electron chi connectivity index (χ3n) is 2.74. The van der Waals surface area contributed by atoms with Crippen molar-refractivity contribution in [1.82, 2.24) is 4.90 Å². The van der Waals surface area contributed by atoms with Gasteiger partial charge in [-0.15, -0.1) is 22.9 Å². The summed E-state index contributed by atoms with van der Waals surface area (Å²) < 4.78 is 0. The van der Waals surface area contributed by atoms with E-state index in [4.69, 9.17) is 11.6 Å². The van der Waals surface area contributed by atoms with Crippen LogP contribution in [0, 0.1) is 5.92 Å². The van der Waals surface area contributed by atoms with Crippen LogP contribution in [0.1, 0.15) is 18.7 Å². The van der Waals surface area contributed by atoms with Crippen molar-refractivity contribution in [2.45, 2.75) is 26.3 Å². The predicted molar refractivity (Wildman–Crippen MR) is 70.1 cm³/mol. The van der Waals surface area contributed by atoms with Crippen LogP contribution >= 0.6 is 22.9 Å². The van der Waals surface area contributed by atoms with Gasteiger partial charge in [0.2, 0.25) is 5.91 Å². The number of hydrogen-bond donors (Lipinski definition) is 0. The molecule has 90 valence electrons. The first-order valence-corrected chi connectivity index (χ1v) is 6.82. The summed E-state index contributed by atoms with van der Waals surface area (Å²) >= 11 is 7.42. The van der Waals surface area contributed by atoms with Crippen molar-refractivity contribution in [3.8, 4) is 0 Å². The second-order valence-corrected chi connectivity index (χ2v) is 5.48. The molecule has 2 unspecified atom stereocenters. The predicted octanol–water partition coefficient (Wildman–Crippen LogP) is 3.01. The second kappa shape index (κ2) is 6.26. The van der Waals surface area contributed by atoms with Crippen molar-refractivity contribution in [3.05, 3.63) is 22.4 Å². The molecular formula is C12H18ClNOS. The Morgan fingerprint density at radius 1 is 1.56 bits per heavy atom. The van der Waals surface area contributed by atoms with E-state index in [-0.39, 0.29) is 17.9 Å². The summed E-state index contributed by atoms with van der Waals surface area (Å²) in [6.07, 6.45) is 0.912. The maximum absolute atomic E-state index is 11.9. The summed E-state index contributed by atoms with van der Waals surface area (Å²) in [6, 6.07) is 4.36. The van der Waals surface area contributed by atoms with Gasteiger partial charge >= 0.3 is 0 Å². The van der Waals surface area contributed by atoms with Gasteiger partial charge in [-0.05, 0) is 18.4 Å². The second-order valence-electron chi connectivity index (χ2n) is 4.14. The van der Waals surface area contributed by atoms with E-state index in [1.54, 1.807) is 16.2 Å². The molecule has 0 radical (unpaired) electrons. The first kappa shape index (κ1) is 13.5. The molecule has 0 bridgehead atoms. The molecule has 2 nitrogen and oxygen atoms in total. The molecular weight excluding hydrogens is 242 g/mol. The smallest absolute Gasteiger partial charge is 0.226 e. The van der Waals surface area contributed by atoms with Crippen LogP contribution in [0.2, 0.25) is 0 Å². The molecule has 0 N–H and O–H groups in total. The third-order valence-corrected chi connectivity index (χ3v) is 4.10. The standard InChI is InChI=1S/C12H18ClNOS/c1-9(8-13)12(15)14(3)10(2)7-11-5-4-6-16-11/h4-6,9-10H,7-8H2,1-3H3. The van der Waals surface area contributed by atoms with Gasteiger partial charge in [-0.3, -0.25) is 4.79 Å². The Hall–Kier alpha value is -0.540. The largest absolute Gasteiger partial charge is 0.342 e. The number of alkyl halides is 1. The molecule has 1 amide bonds. The fraction of sp³-hybridized carbons (Fsp3) is 0.583. The molecule has 0 aliphatic heterocycles. The molecule has 0 aromatic carbocycles. The maximum atomic E-state index is 11.9. The van der Waals surface area contributed by atoms with Crippen molar-refractivity contribution in [2.24, 2.45) is 5.92 Å². The molecule has 0 saturated carbocycles. The summed E-state index contributed by atoms with van der Waals surface area (Å²) in [5.74, 6) is 0.408. The lowest BCUT2D eigenvalue weighted by molar-refractivity contribution is -0.134. The van der Waals surface area contributed by atoms with Crippen molar-refractivity contribution in [1.29, 1.82) is 0 Å². The quantitative estimate of drug-likeness (QED) is 0.745. The molecule has 0 aliphatic carbocycles. The van der Waals surface area contributed by atoms with Crippen LogP contribution in [0.25, 0.3) is 0 Å². The molecule has 4 heteroatoms. The molecule has 0 fully saturated rings. The number of nitrogens with zero attached hydrogens (tertiary/aromatic N) is 1. The fourth-order valence-electron chi connectivity index (χ4n) is 1.49. The average molecular weight is 260 g/mol. The van der Waals surface area contributed by atoms with E-state index in [9.17, 15) is 4.79 Å². The highest BCUT2D eigenvalue weighted by molar-refractivity contribution is 7.09. The molecule has 1 aromatic heterocycles. The van der Waals surface area contributed by atoms with E-state index < -0.39 is 0 Å². The van der Waals surface area contributed by atoms with Gasteiger partial charge in [-0.1, -0.05) is 13.0 Å². The molecule has 0 saturated heterocycles. The monoisotopic (exact) mass is 259 g/mol. The van der Waals surface area contributed by atoms with Crippen LogP contribution < -0.4 is 0 Å². The van der Waals surface area contributed by atoms with Crippen LogP contribution in [0.3, 0.4) is 0 Å². The summed E-state index contributed by atoms with van der Waals surface area (Å²) in [6.45, 7) is 3.93. The van der Waals surface area contributed by atoms with Crippen molar-refractivity contribution in [2.75, 3.05) is 12.9 Å². The first-order valence-electron chi connectivity index (χ1n) is 5.41. The minimum Gasteiger partial charge on any atom is -0.342 e. The fourth-order valence-corrected chi connectivity index (χ4v) is 2.45. The van der Waals surface area contributed by atoms with Gasteiger partial charge < -0.3 is 4.90 Å². The SMILES string of the molecule is CC(CCl)C(=O)N(C)C(C)Cc1cccs1. The Kier molecular flexibility index (Phi) is 5.29. The summed E-state index contributed by atoms with van der Waals surface area (Å²) in [4.78, 5) is 15.0. The number of likely N-dealkylation sites (N-methyl/N-ethyl adjacent to an activating group) is 1. The van der Waals surface area contributed by atoms with Gasteiger partial charge in [0.05, 0.1) is 0 Å². The molecule has 16 heavy (non-hydrogen) atoms. The minimum absolute atomic E-state index is 0.0996. The van der Waals surface area contributed by atoms with Gasteiger partial charge in [-0.25, -0.2) is 0 Å². The van der Waals surface area contributed by atoms with E-state index in [2.05, 4.69) is 18.4 Å². The van der Waals surface area contributed by atoms with Crippen molar-refractivity contribution >= 4 is 28.8 Å². The molecule has 1 aromatic rings. The zero-order chi connectivity index (χ0) is 12.1. The third kappa shape index (κ3) is 3.49. The summed E-state index contributed by atoms with van der Waals surface area (Å²) in [5.41, 5.74) is 0. The van der Waals surface area contributed by atoms with E-state index in [1.807, 2.05) is 20.0 Å². The lowest BCUT2D eigenvalue weighted by Crippen LogP contribution is -2.39. The number of thiophene rings is 1. The van der Waals surface area contributed by atoms with Crippen LogP contribution in [0.15, 0.2) is 17.5 Å². The van der Waals surface area contributed by atoms with E-state index >= 15 is 0 Å². The van der Waals surface area contributed by atoms with Crippen molar-refractivity contribution in [3.63, 3.8) is 0 Å². The number of halogens is 1. The zero-order valence-corrected chi connectivity index (χ0v) is 11.5. The number of amides is 1. The Morgan fingerprint density at radius 3 is 2.75 bits per heavy atom. The molecule has 0 spiro atoms. The lowest BCUT2D eigenvalue weighted by atomic mass is 10.1. The van der Waals surface area contributed by atoms with Crippen LogP contribution in [-0.2, 0) is 11.2 Å². The topological polar surface area (TPSA) is 20.3 Å². The number of rotatable bonds is 5. The average Bonchev–Trinajstić information content (AvgIpc) is 2.78. The van der Waals surface area contributed by atoms with Crippen LogP contribution in [-0.4, -0.2) is 29.8 Å². The number of carbonyl (C=O) groups is 1. The molecule has 2 atom stereocenters. The molecule has 0 aliphatic rings. The Bertz CT molecular complexity index is 326. The number of carbonyl (C=O) groups excluding carboxylic acids is 1. The van der Waals surface area contributed by atoms with Crippen LogP contribution in [0.5, 0.6) is 0 Å². The van der Waals surface area contributed by atoms with Gasteiger partial charge in [0.15, 0.2) is 0 Å². The van der Waals surface area contributed by atoms with E-state index in [0.717, 1.165) is 6.42 Å². The van der Waals surface area contributed by atoms with Gasteiger partial charge in [-0.2, -0.15) is 0 Å². The van der Waals surface area contributed by atoms with E-state index in [0.29, 0.717) is 5.88 Å². The van der Waals surface area contributed by atoms with E-state index in [1.165, 1.54) is 4.88 Å². The van der Waals surface area contributed by atoms with Gasteiger partial charge in [0.1, 0.15) is 0 Å².